The van der Waals surface area contributed by atoms with Crippen LogP contribution in [0.1, 0.15) is 24.5 Å². The highest BCUT2D eigenvalue weighted by molar-refractivity contribution is 7.87. The Labute approximate surface area is 173 Å². The van der Waals surface area contributed by atoms with Crippen molar-refractivity contribution in [3.8, 4) is 0 Å². The first-order valence-corrected chi connectivity index (χ1v) is 10.9. The summed E-state index contributed by atoms with van der Waals surface area (Å²) in [5.41, 5.74) is 0.723. The van der Waals surface area contributed by atoms with Crippen LogP contribution >= 0.6 is 0 Å². The van der Waals surface area contributed by atoms with Gasteiger partial charge in [-0.1, -0.05) is 25.1 Å². The van der Waals surface area contributed by atoms with E-state index in [2.05, 4.69) is 25.3 Å². The molecule has 0 unspecified atom stereocenters. The van der Waals surface area contributed by atoms with Crippen molar-refractivity contribution in [3.05, 3.63) is 41.6 Å². The lowest BCUT2D eigenvalue weighted by molar-refractivity contribution is -0.137. The number of anilines is 3. The predicted molar refractivity (Wildman–Crippen MR) is 108 cm³/mol. The second kappa shape index (κ2) is 9.14. The molecular weight excluding hydrogens is 421 g/mol. The van der Waals surface area contributed by atoms with Gasteiger partial charge in [0.05, 0.1) is 0 Å². The molecular formula is C18H23F3N6O2S. The van der Waals surface area contributed by atoms with Gasteiger partial charge in [0.25, 0.3) is 10.2 Å². The molecule has 2 heterocycles. The van der Waals surface area contributed by atoms with E-state index < -0.39 is 21.9 Å². The fraction of sp³-hybridized carbons (Fsp3) is 0.444. The number of hydrogen-bond donors (Lipinski definition) is 3. The molecule has 12 heteroatoms. The molecule has 0 aliphatic carbocycles. The molecule has 0 radical (unpaired) electrons. The number of rotatable bonds is 8. The number of aromatic nitrogens is 2. The molecule has 0 spiro atoms. The lowest BCUT2D eigenvalue weighted by Crippen LogP contribution is -2.31. The number of nitrogens with one attached hydrogen (secondary N) is 3. The highest BCUT2D eigenvalue weighted by Crippen LogP contribution is 2.34. The summed E-state index contributed by atoms with van der Waals surface area (Å²) in [5, 5.41) is 5.64. The van der Waals surface area contributed by atoms with E-state index in [-0.39, 0.29) is 24.9 Å². The molecule has 3 rings (SSSR count). The molecule has 0 atom stereocenters. The van der Waals surface area contributed by atoms with E-state index in [4.69, 9.17) is 0 Å². The number of benzene rings is 1. The lowest BCUT2D eigenvalue weighted by Gasteiger charge is -2.17. The van der Waals surface area contributed by atoms with Crippen LogP contribution in [0.3, 0.4) is 0 Å². The van der Waals surface area contributed by atoms with Gasteiger partial charge in [-0.15, -0.1) is 0 Å². The second-order valence-corrected chi connectivity index (χ2v) is 8.42. The van der Waals surface area contributed by atoms with Crippen molar-refractivity contribution < 1.29 is 21.6 Å². The van der Waals surface area contributed by atoms with Gasteiger partial charge in [-0.25, -0.2) is 9.71 Å². The van der Waals surface area contributed by atoms with Gasteiger partial charge in [-0.3, -0.25) is 0 Å². The average Bonchev–Trinajstić information content (AvgIpc) is 3.03. The summed E-state index contributed by atoms with van der Waals surface area (Å²) in [4.78, 5) is 7.82. The normalized spacial score (nSPS) is 16.5. The summed E-state index contributed by atoms with van der Waals surface area (Å²) >= 11 is 0. The Morgan fingerprint density at radius 1 is 1.27 bits per heavy atom. The minimum absolute atomic E-state index is 0.0396. The summed E-state index contributed by atoms with van der Waals surface area (Å²) in [6.07, 6.45) is -2.82. The van der Waals surface area contributed by atoms with Gasteiger partial charge >= 0.3 is 6.18 Å². The van der Waals surface area contributed by atoms with Crippen molar-refractivity contribution in [2.24, 2.45) is 0 Å². The van der Waals surface area contributed by atoms with Crippen molar-refractivity contribution in [1.82, 2.24) is 19.0 Å². The quantitative estimate of drug-likeness (QED) is 0.542. The Bertz CT molecular complexity index is 984. The summed E-state index contributed by atoms with van der Waals surface area (Å²) < 4.78 is 67.1. The first-order valence-electron chi connectivity index (χ1n) is 9.48. The monoisotopic (exact) mass is 444 g/mol. The van der Waals surface area contributed by atoms with Crippen LogP contribution in [0.25, 0.3) is 0 Å². The highest BCUT2D eigenvalue weighted by atomic mass is 32.2. The smallest absolute Gasteiger partial charge is 0.369 e. The third kappa shape index (κ3) is 5.37. The summed E-state index contributed by atoms with van der Waals surface area (Å²) in [5.74, 6) is -0.311. The van der Waals surface area contributed by atoms with Crippen LogP contribution in [0.4, 0.5) is 30.6 Å². The number of para-hydroxylation sites is 1. The zero-order chi connectivity index (χ0) is 21.8. The summed E-state index contributed by atoms with van der Waals surface area (Å²) in [7, 11) is -3.47. The highest BCUT2D eigenvalue weighted by Gasteiger charge is 2.35. The molecule has 1 aromatic heterocycles. The Kier molecular flexibility index (Phi) is 6.78. The predicted octanol–water partition coefficient (Wildman–Crippen LogP) is 2.75. The first kappa shape index (κ1) is 22.2. The van der Waals surface area contributed by atoms with Gasteiger partial charge in [-0.2, -0.15) is 30.9 Å². The van der Waals surface area contributed by atoms with E-state index in [9.17, 15) is 21.6 Å². The van der Waals surface area contributed by atoms with Crippen molar-refractivity contribution in [3.63, 3.8) is 0 Å². The molecule has 1 aliphatic heterocycles. The van der Waals surface area contributed by atoms with Crippen LogP contribution < -0.4 is 15.4 Å². The van der Waals surface area contributed by atoms with Crippen molar-refractivity contribution >= 4 is 27.7 Å². The standard InChI is InChI=1S/C18H23F3N6O2S/c1-2-13-6-3-4-7-15(13)25-17-23-12-14(18(19,20)21)16(26-17)22-8-5-10-27-11-9-24-30(27,28)29/h3-4,6-7,12,24H,2,5,8-11H2,1H3,(H2,22,23,25,26). The number of halogens is 3. The topological polar surface area (TPSA) is 99.3 Å². The van der Waals surface area contributed by atoms with Crippen LogP contribution in [0, 0.1) is 0 Å². The molecule has 30 heavy (non-hydrogen) atoms. The van der Waals surface area contributed by atoms with E-state index in [0.29, 0.717) is 19.5 Å². The Hall–Kier alpha value is -2.44. The molecule has 3 N–H and O–H groups in total. The molecule has 2 aromatic rings. The van der Waals surface area contributed by atoms with Crippen molar-refractivity contribution in [2.45, 2.75) is 25.9 Å². The number of alkyl halides is 3. The molecule has 1 fully saturated rings. The van der Waals surface area contributed by atoms with Crippen LogP contribution in [0.5, 0.6) is 0 Å². The van der Waals surface area contributed by atoms with E-state index >= 15 is 0 Å². The lowest BCUT2D eigenvalue weighted by atomic mass is 10.1. The fourth-order valence-electron chi connectivity index (χ4n) is 3.06. The second-order valence-electron chi connectivity index (χ2n) is 6.67. The largest absolute Gasteiger partial charge is 0.421 e. The van der Waals surface area contributed by atoms with Gasteiger partial charge in [0, 0.05) is 38.1 Å². The zero-order valence-corrected chi connectivity index (χ0v) is 17.1. The minimum atomic E-state index is -4.62. The molecule has 0 saturated carbocycles. The summed E-state index contributed by atoms with van der Waals surface area (Å²) in [6.45, 7) is 2.96. The Morgan fingerprint density at radius 2 is 2.03 bits per heavy atom. The maximum absolute atomic E-state index is 13.3. The number of hydrogen-bond acceptors (Lipinski definition) is 6. The van der Waals surface area contributed by atoms with Crippen LogP contribution in [-0.4, -0.2) is 48.9 Å². The van der Waals surface area contributed by atoms with Gasteiger partial charge in [0.15, 0.2) is 0 Å². The van der Waals surface area contributed by atoms with Crippen LogP contribution in [0.15, 0.2) is 30.5 Å². The fourth-order valence-corrected chi connectivity index (χ4v) is 4.29. The Balaban J connectivity index is 1.71. The van der Waals surface area contributed by atoms with Gasteiger partial charge < -0.3 is 10.6 Å². The Morgan fingerprint density at radius 3 is 2.70 bits per heavy atom. The van der Waals surface area contributed by atoms with Gasteiger partial charge in [-0.05, 0) is 24.5 Å². The van der Waals surface area contributed by atoms with Crippen LogP contribution in [0.2, 0.25) is 0 Å². The third-order valence-electron chi connectivity index (χ3n) is 4.60. The van der Waals surface area contributed by atoms with Gasteiger partial charge in [0.2, 0.25) is 5.95 Å². The zero-order valence-electron chi connectivity index (χ0n) is 16.3. The molecule has 0 amide bonds. The minimum Gasteiger partial charge on any atom is -0.369 e. The maximum Gasteiger partial charge on any atom is 0.421 e. The average molecular weight is 444 g/mol. The first-order chi connectivity index (χ1) is 14.2. The number of aryl methyl sites for hydroxylation is 1. The number of nitrogens with zero attached hydrogens (tertiary/aromatic N) is 3. The molecule has 0 bridgehead atoms. The SMILES string of the molecule is CCc1ccccc1Nc1ncc(C(F)(F)F)c(NCCCN2CCNS2(=O)=O)n1. The maximum atomic E-state index is 13.3. The molecule has 8 nitrogen and oxygen atoms in total. The van der Waals surface area contributed by atoms with E-state index in [1.54, 1.807) is 6.07 Å². The van der Waals surface area contributed by atoms with Gasteiger partial charge in [0.1, 0.15) is 11.4 Å². The van der Waals surface area contributed by atoms with E-state index in [0.717, 1.165) is 23.9 Å². The summed E-state index contributed by atoms with van der Waals surface area (Å²) in [6, 6.07) is 7.40. The van der Waals surface area contributed by atoms with Crippen LogP contribution in [-0.2, 0) is 22.8 Å². The molecule has 164 valence electrons. The van der Waals surface area contributed by atoms with Crippen molar-refractivity contribution in [2.75, 3.05) is 36.8 Å². The third-order valence-corrected chi connectivity index (χ3v) is 6.22. The van der Waals surface area contributed by atoms with E-state index in [1.165, 1.54) is 4.31 Å². The molecule has 1 saturated heterocycles. The van der Waals surface area contributed by atoms with Crippen molar-refractivity contribution in [1.29, 1.82) is 0 Å². The van der Waals surface area contributed by atoms with E-state index in [1.807, 2.05) is 25.1 Å². The molecule has 1 aromatic carbocycles. The molecule has 1 aliphatic rings.